The number of hydrogen-bond acceptors (Lipinski definition) is 3. The lowest BCUT2D eigenvalue weighted by atomic mass is 9.97. The quantitative estimate of drug-likeness (QED) is 0.581. The summed E-state index contributed by atoms with van der Waals surface area (Å²) in [6, 6.07) is 7.90. The molecule has 1 atom stereocenters. The molecule has 1 fully saturated rings. The number of benzene rings is 1. The molecule has 4 heteroatoms. The van der Waals surface area contributed by atoms with Crippen molar-refractivity contribution in [3.05, 3.63) is 41.5 Å². The van der Waals surface area contributed by atoms with Crippen molar-refractivity contribution in [2.75, 3.05) is 18.9 Å². The van der Waals surface area contributed by atoms with Crippen LogP contribution in [-0.2, 0) is 4.74 Å². The molecule has 1 aromatic carbocycles. The first-order valence-corrected chi connectivity index (χ1v) is 10.1. The van der Waals surface area contributed by atoms with E-state index in [1.54, 1.807) is 11.8 Å². The monoisotopic (exact) mass is 345 g/mol. The van der Waals surface area contributed by atoms with Crippen molar-refractivity contribution in [1.29, 1.82) is 0 Å². The normalized spacial score (nSPS) is 20.7. The van der Waals surface area contributed by atoms with Gasteiger partial charge in [0, 0.05) is 23.8 Å². The molecule has 1 aliphatic heterocycles. The van der Waals surface area contributed by atoms with Crippen LogP contribution in [0.2, 0.25) is 0 Å². The number of ether oxygens (including phenoxy) is 1. The lowest BCUT2D eigenvalue weighted by molar-refractivity contribution is 0.0951. The van der Waals surface area contributed by atoms with Crippen LogP contribution in [0, 0.1) is 0 Å². The van der Waals surface area contributed by atoms with Crippen LogP contribution < -0.4 is 5.32 Å². The third-order valence-corrected chi connectivity index (χ3v) is 5.90. The second-order valence-corrected chi connectivity index (χ2v) is 7.62. The highest BCUT2D eigenvalue weighted by Crippen LogP contribution is 2.27. The van der Waals surface area contributed by atoms with Gasteiger partial charge in [0.25, 0.3) is 5.91 Å². The van der Waals surface area contributed by atoms with Crippen molar-refractivity contribution in [2.24, 2.45) is 0 Å². The van der Waals surface area contributed by atoms with E-state index in [4.69, 9.17) is 4.74 Å². The fraction of sp³-hybridized carbons (Fsp3) is 0.550. The number of allylic oxidation sites excluding steroid dienone is 1. The van der Waals surface area contributed by atoms with Gasteiger partial charge < -0.3 is 10.1 Å². The Kier molecular flexibility index (Phi) is 6.79. The fourth-order valence-electron chi connectivity index (χ4n) is 3.30. The molecule has 2 aliphatic rings. The summed E-state index contributed by atoms with van der Waals surface area (Å²) in [5, 5.41) is 3.09. The van der Waals surface area contributed by atoms with Crippen LogP contribution in [-0.4, -0.2) is 30.9 Å². The largest absolute Gasteiger partial charge is 0.377 e. The van der Waals surface area contributed by atoms with Crippen LogP contribution in [0.25, 0.3) is 0 Å². The van der Waals surface area contributed by atoms with E-state index in [1.165, 1.54) is 31.3 Å². The summed E-state index contributed by atoms with van der Waals surface area (Å²) in [7, 11) is 0. The first-order chi connectivity index (χ1) is 11.8. The van der Waals surface area contributed by atoms with Crippen molar-refractivity contribution >= 4 is 17.7 Å². The second-order valence-electron chi connectivity index (χ2n) is 6.56. The molecule has 1 heterocycles. The summed E-state index contributed by atoms with van der Waals surface area (Å²) < 4.78 is 5.68. The van der Waals surface area contributed by atoms with Gasteiger partial charge in [-0.2, -0.15) is 0 Å². The molecular formula is C20H27NO2S. The van der Waals surface area contributed by atoms with Gasteiger partial charge in [-0.15, -0.1) is 11.8 Å². The van der Waals surface area contributed by atoms with E-state index in [0.717, 1.165) is 48.6 Å². The molecule has 3 nitrogen and oxygen atoms in total. The second kappa shape index (κ2) is 9.28. The maximum absolute atomic E-state index is 12.5. The van der Waals surface area contributed by atoms with Crippen LogP contribution in [0.15, 0.2) is 40.8 Å². The molecule has 1 amide bonds. The fourth-order valence-corrected chi connectivity index (χ4v) is 4.42. The number of nitrogens with one attached hydrogen (secondary N) is 1. The van der Waals surface area contributed by atoms with E-state index >= 15 is 0 Å². The van der Waals surface area contributed by atoms with E-state index in [1.807, 2.05) is 24.3 Å². The van der Waals surface area contributed by atoms with E-state index < -0.39 is 0 Å². The molecule has 0 bridgehead atoms. The molecule has 1 aliphatic carbocycles. The molecule has 0 unspecified atom stereocenters. The first kappa shape index (κ1) is 17.6. The van der Waals surface area contributed by atoms with Crippen LogP contribution >= 0.6 is 11.8 Å². The predicted molar refractivity (Wildman–Crippen MR) is 99.6 cm³/mol. The molecule has 0 saturated carbocycles. The molecule has 1 N–H and O–H groups in total. The summed E-state index contributed by atoms with van der Waals surface area (Å²) in [5.74, 6) is 0.971. The van der Waals surface area contributed by atoms with Crippen molar-refractivity contribution in [2.45, 2.75) is 55.9 Å². The van der Waals surface area contributed by atoms with Gasteiger partial charge in [-0.25, -0.2) is 0 Å². The molecular weight excluding hydrogens is 318 g/mol. The Morgan fingerprint density at radius 2 is 2.17 bits per heavy atom. The van der Waals surface area contributed by atoms with Gasteiger partial charge in [0.2, 0.25) is 0 Å². The van der Waals surface area contributed by atoms with Crippen LogP contribution in [0.3, 0.4) is 0 Å². The third kappa shape index (κ3) is 5.12. The topological polar surface area (TPSA) is 38.3 Å². The smallest absolute Gasteiger partial charge is 0.252 e. The van der Waals surface area contributed by atoms with Crippen molar-refractivity contribution < 1.29 is 9.53 Å². The predicted octanol–water partition coefficient (Wildman–Crippen LogP) is 4.58. The molecule has 0 spiro atoms. The Morgan fingerprint density at radius 1 is 1.25 bits per heavy atom. The minimum atomic E-state index is 0.0434. The number of carbonyl (C=O) groups is 1. The minimum absolute atomic E-state index is 0.0434. The summed E-state index contributed by atoms with van der Waals surface area (Å²) >= 11 is 1.74. The summed E-state index contributed by atoms with van der Waals surface area (Å²) in [4.78, 5) is 13.6. The number of amides is 1. The molecule has 0 aromatic heterocycles. The summed E-state index contributed by atoms with van der Waals surface area (Å²) in [6.45, 7) is 1.61. The van der Waals surface area contributed by atoms with Gasteiger partial charge in [-0.05, 0) is 57.1 Å². The lowest BCUT2D eigenvalue weighted by Crippen LogP contribution is -2.25. The van der Waals surface area contributed by atoms with E-state index in [2.05, 4.69) is 11.4 Å². The Bertz CT molecular complexity index is 579. The van der Waals surface area contributed by atoms with Gasteiger partial charge in [0.15, 0.2) is 0 Å². The first-order valence-electron chi connectivity index (χ1n) is 9.12. The maximum Gasteiger partial charge on any atom is 0.252 e. The highest BCUT2D eigenvalue weighted by molar-refractivity contribution is 7.99. The molecule has 130 valence electrons. The average molecular weight is 346 g/mol. The Hall–Kier alpha value is -1.26. The molecule has 0 radical (unpaired) electrons. The molecule has 1 aromatic rings. The van der Waals surface area contributed by atoms with Crippen LogP contribution in [0.5, 0.6) is 0 Å². The van der Waals surface area contributed by atoms with Crippen molar-refractivity contribution in [3.8, 4) is 0 Å². The Balaban J connectivity index is 1.50. The Morgan fingerprint density at radius 3 is 2.96 bits per heavy atom. The number of rotatable bonds is 7. The standard InChI is InChI=1S/C20H27NO2S/c22-20(21-13-12-16-7-2-1-3-8-16)18-10-4-5-11-19(18)24-15-17-9-6-14-23-17/h4-5,7,10-11,17H,1-3,6,8-9,12-15H2,(H,21,22)/t17-/m0/s1. The van der Waals surface area contributed by atoms with Gasteiger partial charge in [-0.3, -0.25) is 4.79 Å². The molecule has 3 rings (SSSR count). The Labute approximate surface area is 149 Å². The van der Waals surface area contributed by atoms with Crippen molar-refractivity contribution in [1.82, 2.24) is 5.32 Å². The summed E-state index contributed by atoms with van der Waals surface area (Å²) in [6.07, 6.45) is 11.0. The van der Waals surface area contributed by atoms with Gasteiger partial charge in [0.1, 0.15) is 0 Å². The molecule has 1 saturated heterocycles. The SMILES string of the molecule is O=C(NCCC1=CCCCC1)c1ccccc1SC[C@@H]1CCCO1. The van der Waals surface area contributed by atoms with Crippen LogP contribution in [0.1, 0.15) is 55.3 Å². The van der Waals surface area contributed by atoms with Gasteiger partial charge in [-0.1, -0.05) is 23.8 Å². The van der Waals surface area contributed by atoms with Gasteiger partial charge in [0.05, 0.1) is 11.7 Å². The van der Waals surface area contributed by atoms with Gasteiger partial charge >= 0.3 is 0 Å². The van der Waals surface area contributed by atoms with E-state index in [-0.39, 0.29) is 5.91 Å². The van der Waals surface area contributed by atoms with E-state index in [9.17, 15) is 4.79 Å². The zero-order valence-corrected chi connectivity index (χ0v) is 15.1. The number of carbonyl (C=O) groups excluding carboxylic acids is 1. The zero-order valence-electron chi connectivity index (χ0n) is 14.3. The van der Waals surface area contributed by atoms with E-state index in [0.29, 0.717) is 6.10 Å². The maximum atomic E-state index is 12.5. The zero-order chi connectivity index (χ0) is 16.6. The highest BCUT2D eigenvalue weighted by atomic mass is 32.2. The average Bonchev–Trinajstić information content (AvgIpc) is 3.14. The van der Waals surface area contributed by atoms with Crippen LogP contribution in [0.4, 0.5) is 0 Å². The van der Waals surface area contributed by atoms with Crippen molar-refractivity contribution in [3.63, 3.8) is 0 Å². The lowest BCUT2D eigenvalue weighted by Gasteiger charge is -2.14. The molecule has 24 heavy (non-hydrogen) atoms. The highest BCUT2D eigenvalue weighted by Gasteiger charge is 2.17. The summed E-state index contributed by atoms with van der Waals surface area (Å²) in [5.41, 5.74) is 2.29. The number of thioether (sulfide) groups is 1. The number of hydrogen-bond donors (Lipinski definition) is 1. The third-order valence-electron chi connectivity index (χ3n) is 4.70. The minimum Gasteiger partial charge on any atom is -0.377 e.